The van der Waals surface area contributed by atoms with Crippen molar-refractivity contribution in [3.8, 4) is 0 Å². The molecule has 0 fully saturated rings. The maximum atomic E-state index is 12.1. The molecule has 0 aliphatic heterocycles. The van der Waals surface area contributed by atoms with E-state index in [4.69, 9.17) is 0 Å². The molecular formula is C17H18N4O3S3. The monoisotopic (exact) mass is 422 g/mol. The molecule has 0 aliphatic carbocycles. The van der Waals surface area contributed by atoms with Crippen LogP contribution in [0.25, 0.3) is 10.2 Å². The number of amides is 1. The molecule has 2 heterocycles. The average Bonchev–Trinajstić information content (AvgIpc) is 3.01. The van der Waals surface area contributed by atoms with E-state index in [1.807, 2.05) is 25.1 Å². The summed E-state index contributed by atoms with van der Waals surface area (Å²) in [6.07, 6.45) is 1.30. The van der Waals surface area contributed by atoms with Crippen molar-refractivity contribution in [3.63, 3.8) is 0 Å². The van der Waals surface area contributed by atoms with E-state index >= 15 is 0 Å². The van der Waals surface area contributed by atoms with Crippen LogP contribution < -0.4 is 5.32 Å². The third kappa shape index (κ3) is 4.64. The SMILES string of the molecule is Cc1ccc2nc(NC(=O)CSc3ccc(S(=O)(=O)N(C)C)cn3)sc2c1. The number of thioether (sulfide) groups is 1. The molecule has 2 aromatic heterocycles. The predicted molar refractivity (Wildman–Crippen MR) is 109 cm³/mol. The zero-order valence-electron chi connectivity index (χ0n) is 15.0. The van der Waals surface area contributed by atoms with Crippen molar-refractivity contribution in [3.05, 3.63) is 42.1 Å². The Hall–Kier alpha value is -2.01. The number of benzene rings is 1. The second kappa shape index (κ2) is 7.93. The lowest BCUT2D eigenvalue weighted by atomic mass is 10.2. The molecule has 1 amide bonds. The normalized spacial score (nSPS) is 11.9. The number of hydrogen-bond acceptors (Lipinski definition) is 7. The second-order valence-electron chi connectivity index (χ2n) is 5.95. The molecule has 0 spiro atoms. The standard InChI is InChI=1S/C17H18N4O3S3/c1-11-4-6-13-14(8-11)26-17(19-13)20-15(22)10-25-16-7-5-12(9-18-16)27(23,24)21(2)3/h4-9H,10H2,1-3H3,(H,19,20,22). The van der Waals surface area contributed by atoms with E-state index in [0.717, 1.165) is 20.1 Å². The fourth-order valence-corrected chi connectivity index (χ4v) is 4.67. The van der Waals surface area contributed by atoms with Gasteiger partial charge in [0.25, 0.3) is 0 Å². The Balaban J connectivity index is 1.60. The van der Waals surface area contributed by atoms with Crippen LogP contribution in [0, 0.1) is 6.92 Å². The Labute approximate surface area is 165 Å². The number of pyridine rings is 1. The van der Waals surface area contributed by atoms with E-state index in [1.54, 1.807) is 6.07 Å². The smallest absolute Gasteiger partial charge is 0.244 e. The van der Waals surface area contributed by atoms with E-state index in [1.165, 1.54) is 49.5 Å². The number of aryl methyl sites for hydroxylation is 1. The Morgan fingerprint density at radius 1 is 1.26 bits per heavy atom. The van der Waals surface area contributed by atoms with Crippen LogP contribution in [0.3, 0.4) is 0 Å². The number of rotatable bonds is 6. The van der Waals surface area contributed by atoms with Crippen LogP contribution in [0.15, 0.2) is 46.5 Å². The van der Waals surface area contributed by atoms with Crippen molar-refractivity contribution in [2.24, 2.45) is 0 Å². The van der Waals surface area contributed by atoms with Crippen LogP contribution in [0.4, 0.5) is 5.13 Å². The minimum absolute atomic E-state index is 0.117. The molecule has 0 atom stereocenters. The van der Waals surface area contributed by atoms with Crippen molar-refractivity contribution in [1.29, 1.82) is 0 Å². The van der Waals surface area contributed by atoms with E-state index in [0.29, 0.717) is 10.2 Å². The molecule has 142 valence electrons. The number of anilines is 1. The Bertz CT molecular complexity index is 1080. The highest BCUT2D eigenvalue weighted by Crippen LogP contribution is 2.27. The fourth-order valence-electron chi connectivity index (χ4n) is 2.20. The lowest BCUT2D eigenvalue weighted by molar-refractivity contribution is -0.113. The zero-order valence-corrected chi connectivity index (χ0v) is 17.4. The molecule has 0 saturated heterocycles. The summed E-state index contributed by atoms with van der Waals surface area (Å²) in [6.45, 7) is 2.01. The third-order valence-electron chi connectivity index (χ3n) is 3.63. The third-order valence-corrected chi connectivity index (χ3v) is 7.31. The van der Waals surface area contributed by atoms with Gasteiger partial charge in [0.15, 0.2) is 5.13 Å². The maximum Gasteiger partial charge on any atom is 0.244 e. The molecule has 0 saturated carbocycles. The highest BCUT2D eigenvalue weighted by Gasteiger charge is 2.17. The molecule has 3 aromatic rings. The number of sulfonamides is 1. The Morgan fingerprint density at radius 2 is 2.04 bits per heavy atom. The lowest BCUT2D eigenvalue weighted by Crippen LogP contribution is -2.22. The lowest BCUT2D eigenvalue weighted by Gasteiger charge is -2.10. The molecule has 1 aromatic carbocycles. The number of aromatic nitrogens is 2. The van der Waals surface area contributed by atoms with Gasteiger partial charge in [0.05, 0.1) is 21.0 Å². The number of nitrogens with zero attached hydrogens (tertiary/aromatic N) is 3. The number of thiazole rings is 1. The number of carbonyl (C=O) groups excluding carboxylic acids is 1. The first-order valence-corrected chi connectivity index (χ1v) is 11.2. The summed E-state index contributed by atoms with van der Waals surface area (Å²) in [4.78, 5) is 20.8. The summed E-state index contributed by atoms with van der Waals surface area (Å²) in [5, 5.41) is 3.92. The fraction of sp³-hybridized carbons (Fsp3) is 0.235. The van der Waals surface area contributed by atoms with Crippen LogP contribution in [-0.2, 0) is 14.8 Å². The van der Waals surface area contributed by atoms with Crippen LogP contribution in [0.5, 0.6) is 0 Å². The molecule has 3 rings (SSSR count). The van der Waals surface area contributed by atoms with E-state index in [9.17, 15) is 13.2 Å². The summed E-state index contributed by atoms with van der Waals surface area (Å²) in [5.41, 5.74) is 2.00. The van der Waals surface area contributed by atoms with Gasteiger partial charge in [-0.15, -0.1) is 0 Å². The first-order valence-electron chi connectivity index (χ1n) is 7.94. The van der Waals surface area contributed by atoms with E-state index in [2.05, 4.69) is 15.3 Å². The molecule has 27 heavy (non-hydrogen) atoms. The number of nitrogens with one attached hydrogen (secondary N) is 1. The molecule has 0 unspecified atom stereocenters. The molecule has 0 aliphatic rings. The molecular weight excluding hydrogens is 404 g/mol. The topological polar surface area (TPSA) is 92.3 Å². The van der Waals surface area contributed by atoms with Crippen LogP contribution >= 0.6 is 23.1 Å². The minimum atomic E-state index is -3.51. The second-order valence-corrected chi connectivity index (χ2v) is 10.1. The van der Waals surface area contributed by atoms with Gasteiger partial charge in [0, 0.05) is 20.3 Å². The quantitative estimate of drug-likeness (QED) is 0.614. The summed E-state index contributed by atoms with van der Waals surface area (Å²) in [7, 11) is -0.578. The van der Waals surface area contributed by atoms with Crippen molar-refractivity contribution in [1.82, 2.24) is 14.3 Å². The maximum absolute atomic E-state index is 12.1. The number of fused-ring (bicyclic) bond motifs is 1. The first kappa shape index (κ1) is 19.7. The molecule has 1 N–H and O–H groups in total. The summed E-state index contributed by atoms with van der Waals surface area (Å²) < 4.78 is 26.2. The van der Waals surface area contributed by atoms with Gasteiger partial charge in [0.2, 0.25) is 15.9 Å². The summed E-state index contributed by atoms with van der Waals surface area (Å²) in [6, 6.07) is 9.02. The van der Waals surface area contributed by atoms with Crippen LogP contribution in [0.1, 0.15) is 5.56 Å². The van der Waals surface area contributed by atoms with Crippen molar-refractivity contribution in [2.75, 3.05) is 25.2 Å². The highest BCUT2D eigenvalue weighted by atomic mass is 32.2. The van der Waals surface area contributed by atoms with Crippen molar-refractivity contribution < 1.29 is 13.2 Å². The minimum Gasteiger partial charge on any atom is -0.301 e. The van der Waals surface area contributed by atoms with Crippen LogP contribution in [-0.4, -0.2) is 48.4 Å². The van der Waals surface area contributed by atoms with Gasteiger partial charge >= 0.3 is 0 Å². The molecule has 0 radical (unpaired) electrons. The molecule has 10 heteroatoms. The predicted octanol–water partition coefficient (Wildman–Crippen LogP) is 2.98. The zero-order chi connectivity index (χ0) is 19.6. The Morgan fingerprint density at radius 3 is 2.70 bits per heavy atom. The van der Waals surface area contributed by atoms with Crippen molar-refractivity contribution >= 4 is 54.4 Å². The summed E-state index contributed by atoms with van der Waals surface area (Å²) >= 11 is 2.66. The molecule has 0 bridgehead atoms. The van der Waals surface area contributed by atoms with Gasteiger partial charge in [-0.25, -0.2) is 22.7 Å². The van der Waals surface area contributed by atoms with Gasteiger partial charge in [-0.05, 0) is 36.8 Å². The van der Waals surface area contributed by atoms with Gasteiger partial charge in [0.1, 0.15) is 4.90 Å². The van der Waals surface area contributed by atoms with E-state index < -0.39 is 10.0 Å². The van der Waals surface area contributed by atoms with Gasteiger partial charge in [-0.1, -0.05) is 29.2 Å². The van der Waals surface area contributed by atoms with Gasteiger partial charge in [-0.2, -0.15) is 0 Å². The van der Waals surface area contributed by atoms with Gasteiger partial charge in [-0.3, -0.25) is 4.79 Å². The number of hydrogen-bond donors (Lipinski definition) is 1. The highest BCUT2D eigenvalue weighted by molar-refractivity contribution is 7.99. The number of carbonyl (C=O) groups is 1. The average molecular weight is 423 g/mol. The van der Waals surface area contributed by atoms with Crippen LogP contribution in [0.2, 0.25) is 0 Å². The Kier molecular flexibility index (Phi) is 5.80. The molecule has 7 nitrogen and oxygen atoms in total. The van der Waals surface area contributed by atoms with Crippen molar-refractivity contribution in [2.45, 2.75) is 16.8 Å². The first-order chi connectivity index (χ1) is 12.8. The van der Waals surface area contributed by atoms with Gasteiger partial charge < -0.3 is 5.32 Å². The van der Waals surface area contributed by atoms with E-state index in [-0.39, 0.29) is 16.6 Å². The summed E-state index contributed by atoms with van der Waals surface area (Å²) in [5.74, 6) is -0.0376. The largest absolute Gasteiger partial charge is 0.301 e.